The number of urea groups is 1. The monoisotopic (exact) mass is 301 g/mol. The summed E-state index contributed by atoms with van der Waals surface area (Å²) in [6, 6.07) is -1.20. The minimum absolute atomic E-state index is 0.402. The van der Waals surface area contributed by atoms with Gasteiger partial charge in [0.25, 0.3) is 0 Å². The predicted molar refractivity (Wildman–Crippen MR) is 79.4 cm³/mol. The molecule has 0 aliphatic carbocycles. The molecule has 0 saturated carbocycles. The standard InChI is InChI=1S/C14H27N3O4/c1-2-3-5-12(13(18)19)16-14(20)15-6-4-7-17-8-10-21-11-9-17/h12H,2-11H2,1H3,(H,18,19)(H2,15,16,20). The van der Waals surface area contributed by atoms with Gasteiger partial charge in [-0.05, 0) is 19.4 Å². The Morgan fingerprint density at radius 1 is 1.29 bits per heavy atom. The average Bonchev–Trinajstić information content (AvgIpc) is 2.48. The first-order valence-corrected chi connectivity index (χ1v) is 7.70. The van der Waals surface area contributed by atoms with Crippen LogP contribution in [-0.2, 0) is 9.53 Å². The van der Waals surface area contributed by atoms with Gasteiger partial charge in [0.15, 0.2) is 0 Å². The number of rotatable bonds is 9. The van der Waals surface area contributed by atoms with Gasteiger partial charge in [-0.3, -0.25) is 4.90 Å². The molecule has 1 aliphatic rings. The second kappa shape index (κ2) is 10.4. The third-order valence-electron chi connectivity index (χ3n) is 3.49. The van der Waals surface area contributed by atoms with E-state index in [9.17, 15) is 9.59 Å². The van der Waals surface area contributed by atoms with Crippen LogP contribution in [-0.4, -0.2) is 67.4 Å². The van der Waals surface area contributed by atoms with Crippen molar-refractivity contribution in [2.75, 3.05) is 39.4 Å². The average molecular weight is 301 g/mol. The van der Waals surface area contributed by atoms with Gasteiger partial charge in [-0.2, -0.15) is 0 Å². The molecule has 1 fully saturated rings. The van der Waals surface area contributed by atoms with E-state index < -0.39 is 18.0 Å². The number of ether oxygens (including phenoxy) is 1. The van der Waals surface area contributed by atoms with Crippen molar-refractivity contribution < 1.29 is 19.4 Å². The van der Waals surface area contributed by atoms with Crippen LogP contribution in [0.1, 0.15) is 32.6 Å². The number of carbonyl (C=O) groups excluding carboxylic acids is 1. The Kier molecular flexibility index (Phi) is 8.77. The molecule has 0 bridgehead atoms. The van der Waals surface area contributed by atoms with E-state index in [4.69, 9.17) is 9.84 Å². The zero-order chi connectivity index (χ0) is 15.5. The van der Waals surface area contributed by atoms with Gasteiger partial charge in [0, 0.05) is 19.6 Å². The highest BCUT2D eigenvalue weighted by molar-refractivity contribution is 5.82. The number of unbranched alkanes of at least 4 members (excludes halogenated alkanes) is 1. The van der Waals surface area contributed by atoms with Crippen LogP contribution in [0.4, 0.5) is 4.79 Å². The fraction of sp³-hybridized carbons (Fsp3) is 0.857. The van der Waals surface area contributed by atoms with E-state index in [1.54, 1.807) is 0 Å². The molecule has 2 amide bonds. The number of aliphatic carboxylic acids is 1. The summed E-state index contributed by atoms with van der Waals surface area (Å²) in [6.45, 7) is 6.86. The van der Waals surface area contributed by atoms with Crippen molar-refractivity contribution in [1.29, 1.82) is 0 Å². The Morgan fingerprint density at radius 2 is 2.00 bits per heavy atom. The third-order valence-corrected chi connectivity index (χ3v) is 3.49. The SMILES string of the molecule is CCCCC(NC(=O)NCCCN1CCOCC1)C(=O)O. The van der Waals surface area contributed by atoms with E-state index in [0.717, 1.165) is 52.1 Å². The summed E-state index contributed by atoms with van der Waals surface area (Å²) >= 11 is 0. The lowest BCUT2D eigenvalue weighted by Gasteiger charge is -2.26. The van der Waals surface area contributed by atoms with Crippen LogP contribution < -0.4 is 10.6 Å². The number of hydrogen-bond donors (Lipinski definition) is 3. The predicted octanol–water partition coefficient (Wildman–Crippen LogP) is 0.651. The normalized spacial score (nSPS) is 17.2. The van der Waals surface area contributed by atoms with Gasteiger partial charge in [-0.15, -0.1) is 0 Å². The molecule has 0 aromatic rings. The Labute approximate surface area is 126 Å². The van der Waals surface area contributed by atoms with Gasteiger partial charge in [0.2, 0.25) is 0 Å². The first kappa shape index (κ1) is 17.7. The van der Waals surface area contributed by atoms with Crippen LogP contribution >= 0.6 is 0 Å². The molecule has 1 heterocycles. The Balaban J connectivity index is 2.12. The van der Waals surface area contributed by atoms with Gasteiger partial charge in [-0.1, -0.05) is 19.8 Å². The first-order chi connectivity index (χ1) is 10.1. The molecule has 1 rings (SSSR count). The minimum atomic E-state index is -0.980. The van der Waals surface area contributed by atoms with E-state index in [2.05, 4.69) is 15.5 Å². The van der Waals surface area contributed by atoms with Gasteiger partial charge in [0.05, 0.1) is 13.2 Å². The smallest absolute Gasteiger partial charge is 0.326 e. The second-order valence-electron chi connectivity index (χ2n) is 5.24. The van der Waals surface area contributed by atoms with Crippen LogP contribution in [0.5, 0.6) is 0 Å². The number of hydrogen-bond acceptors (Lipinski definition) is 4. The van der Waals surface area contributed by atoms with E-state index in [0.29, 0.717) is 13.0 Å². The third kappa shape index (κ3) is 7.87. The number of morpholine rings is 1. The maximum Gasteiger partial charge on any atom is 0.326 e. The van der Waals surface area contributed by atoms with Crippen molar-refractivity contribution in [2.24, 2.45) is 0 Å². The Bertz CT molecular complexity index is 319. The summed E-state index contributed by atoms with van der Waals surface area (Å²) < 4.78 is 5.27. The largest absolute Gasteiger partial charge is 0.480 e. The summed E-state index contributed by atoms with van der Waals surface area (Å²) in [5.74, 6) is -0.980. The number of amides is 2. The van der Waals surface area contributed by atoms with Gasteiger partial charge in [-0.25, -0.2) is 9.59 Å². The molecule has 0 spiro atoms. The molecule has 0 aromatic heterocycles. The quantitative estimate of drug-likeness (QED) is 0.544. The second-order valence-corrected chi connectivity index (χ2v) is 5.24. The van der Waals surface area contributed by atoms with Crippen molar-refractivity contribution in [3.63, 3.8) is 0 Å². The molecule has 0 radical (unpaired) electrons. The highest BCUT2D eigenvalue weighted by Gasteiger charge is 2.18. The first-order valence-electron chi connectivity index (χ1n) is 7.70. The van der Waals surface area contributed by atoms with Crippen LogP contribution in [0.15, 0.2) is 0 Å². The maximum atomic E-state index is 11.7. The Hall–Kier alpha value is -1.34. The van der Waals surface area contributed by atoms with Crippen molar-refractivity contribution in [3.8, 4) is 0 Å². The van der Waals surface area contributed by atoms with E-state index >= 15 is 0 Å². The minimum Gasteiger partial charge on any atom is -0.480 e. The molecule has 1 saturated heterocycles. The van der Waals surface area contributed by atoms with Crippen molar-refractivity contribution in [1.82, 2.24) is 15.5 Å². The van der Waals surface area contributed by atoms with E-state index in [1.807, 2.05) is 6.92 Å². The summed E-state index contributed by atoms with van der Waals surface area (Å²) in [6.07, 6.45) is 3.01. The molecular weight excluding hydrogens is 274 g/mol. The summed E-state index contributed by atoms with van der Waals surface area (Å²) in [4.78, 5) is 25.0. The van der Waals surface area contributed by atoms with Crippen LogP contribution in [0.25, 0.3) is 0 Å². The molecule has 7 nitrogen and oxygen atoms in total. The van der Waals surface area contributed by atoms with Crippen molar-refractivity contribution >= 4 is 12.0 Å². The fourth-order valence-corrected chi connectivity index (χ4v) is 2.20. The topological polar surface area (TPSA) is 90.9 Å². The zero-order valence-electron chi connectivity index (χ0n) is 12.8. The fourth-order valence-electron chi connectivity index (χ4n) is 2.20. The molecule has 1 unspecified atom stereocenters. The number of nitrogens with zero attached hydrogens (tertiary/aromatic N) is 1. The molecule has 1 aliphatic heterocycles. The number of carboxylic acids is 1. The molecule has 0 aromatic carbocycles. The van der Waals surface area contributed by atoms with Gasteiger partial charge >= 0.3 is 12.0 Å². The molecular formula is C14H27N3O4. The van der Waals surface area contributed by atoms with Crippen LogP contribution in [0, 0.1) is 0 Å². The molecule has 122 valence electrons. The molecule has 21 heavy (non-hydrogen) atoms. The van der Waals surface area contributed by atoms with Crippen LogP contribution in [0.2, 0.25) is 0 Å². The summed E-state index contributed by atoms with van der Waals surface area (Å²) in [5, 5.41) is 14.2. The van der Waals surface area contributed by atoms with Crippen molar-refractivity contribution in [3.05, 3.63) is 0 Å². The van der Waals surface area contributed by atoms with E-state index in [1.165, 1.54) is 0 Å². The van der Waals surface area contributed by atoms with Gasteiger partial charge < -0.3 is 20.5 Å². The van der Waals surface area contributed by atoms with E-state index in [-0.39, 0.29) is 0 Å². The summed E-state index contributed by atoms with van der Waals surface area (Å²) in [7, 11) is 0. The number of nitrogens with one attached hydrogen (secondary N) is 2. The van der Waals surface area contributed by atoms with Gasteiger partial charge in [0.1, 0.15) is 6.04 Å². The highest BCUT2D eigenvalue weighted by Crippen LogP contribution is 2.01. The number of carbonyl (C=O) groups is 2. The highest BCUT2D eigenvalue weighted by atomic mass is 16.5. The van der Waals surface area contributed by atoms with Crippen molar-refractivity contribution in [2.45, 2.75) is 38.6 Å². The number of carboxylic acid groups (broad SMARTS) is 1. The summed E-state index contributed by atoms with van der Waals surface area (Å²) in [5.41, 5.74) is 0. The zero-order valence-corrected chi connectivity index (χ0v) is 12.8. The maximum absolute atomic E-state index is 11.7. The van der Waals surface area contributed by atoms with Crippen LogP contribution in [0.3, 0.4) is 0 Å². The molecule has 1 atom stereocenters. The lowest BCUT2D eigenvalue weighted by Crippen LogP contribution is -2.46. The molecule has 7 heteroatoms. The lowest BCUT2D eigenvalue weighted by molar-refractivity contribution is -0.139. The Morgan fingerprint density at radius 3 is 2.62 bits per heavy atom. The lowest BCUT2D eigenvalue weighted by atomic mass is 10.1. The molecule has 3 N–H and O–H groups in total.